The zero-order chi connectivity index (χ0) is 13.4. The molecule has 0 spiro atoms. The van der Waals surface area contributed by atoms with Gasteiger partial charge < -0.3 is 4.90 Å². The van der Waals surface area contributed by atoms with Gasteiger partial charge >= 0.3 is 0 Å². The second-order valence-corrected chi connectivity index (χ2v) is 5.91. The number of amides is 1. The molecule has 0 aliphatic heterocycles. The van der Waals surface area contributed by atoms with E-state index >= 15 is 0 Å². The SMILES string of the molecule is CC(C1CC1)N(C(=O)Cc1ccc(F)cc1)C1CC1. The van der Waals surface area contributed by atoms with Gasteiger partial charge in [0.05, 0.1) is 6.42 Å². The van der Waals surface area contributed by atoms with Gasteiger partial charge in [0.1, 0.15) is 5.82 Å². The van der Waals surface area contributed by atoms with Crippen LogP contribution in [-0.4, -0.2) is 22.9 Å². The Hall–Kier alpha value is -1.38. The third-order valence-electron chi connectivity index (χ3n) is 4.24. The van der Waals surface area contributed by atoms with Gasteiger partial charge in [0.15, 0.2) is 0 Å². The van der Waals surface area contributed by atoms with Crippen LogP contribution in [0.1, 0.15) is 38.2 Å². The maximum atomic E-state index is 12.9. The minimum Gasteiger partial charge on any atom is -0.336 e. The number of hydrogen-bond donors (Lipinski definition) is 0. The lowest BCUT2D eigenvalue weighted by Gasteiger charge is -2.29. The highest BCUT2D eigenvalue weighted by Crippen LogP contribution is 2.39. The van der Waals surface area contributed by atoms with Crippen molar-refractivity contribution in [3.05, 3.63) is 35.6 Å². The lowest BCUT2D eigenvalue weighted by Crippen LogP contribution is -2.42. The van der Waals surface area contributed by atoms with Gasteiger partial charge in [0.2, 0.25) is 5.91 Å². The van der Waals surface area contributed by atoms with E-state index in [1.807, 2.05) is 0 Å². The van der Waals surface area contributed by atoms with Gasteiger partial charge in [-0.1, -0.05) is 12.1 Å². The van der Waals surface area contributed by atoms with Crippen molar-refractivity contribution in [1.29, 1.82) is 0 Å². The molecular weight excluding hydrogens is 241 g/mol. The first-order valence-corrected chi connectivity index (χ1v) is 7.21. The molecular formula is C16H20FNO. The molecule has 1 aromatic rings. The molecule has 0 heterocycles. The van der Waals surface area contributed by atoms with Crippen LogP contribution in [0.5, 0.6) is 0 Å². The largest absolute Gasteiger partial charge is 0.336 e. The molecule has 0 bridgehead atoms. The molecule has 0 N–H and O–H groups in total. The summed E-state index contributed by atoms with van der Waals surface area (Å²) in [6.07, 6.45) is 5.20. The molecule has 0 radical (unpaired) electrons. The number of rotatable bonds is 5. The Balaban J connectivity index is 1.68. The van der Waals surface area contributed by atoms with Crippen LogP contribution in [0.3, 0.4) is 0 Å². The fraction of sp³-hybridized carbons (Fsp3) is 0.562. The van der Waals surface area contributed by atoms with Crippen LogP contribution >= 0.6 is 0 Å². The molecule has 0 aromatic heterocycles. The predicted octanol–water partition coefficient (Wildman–Crippen LogP) is 3.16. The molecule has 2 fully saturated rings. The van der Waals surface area contributed by atoms with Gasteiger partial charge in [-0.25, -0.2) is 4.39 Å². The van der Waals surface area contributed by atoms with Crippen molar-refractivity contribution in [2.24, 2.45) is 5.92 Å². The summed E-state index contributed by atoms with van der Waals surface area (Å²) in [4.78, 5) is 14.6. The summed E-state index contributed by atoms with van der Waals surface area (Å²) in [5.74, 6) is 0.660. The number of carbonyl (C=O) groups excluding carboxylic acids is 1. The van der Waals surface area contributed by atoms with E-state index < -0.39 is 0 Å². The topological polar surface area (TPSA) is 20.3 Å². The van der Waals surface area contributed by atoms with E-state index in [-0.39, 0.29) is 11.7 Å². The van der Waals surface area contributed by atoms with Crippen molar-refractivity contribution in [1.82, 2.24) is 4.90 Å². The van der Waals surface area contributed by atoms with E-state index in [1.165, 1.54) is 25.0 Å². The summed E-state index contributed by atoms with van der Waals surface area (Å²) in [6.45, 7) is 2.18. The number of benzene rings is 1. The van der Waals surface area contributed by atoms with Crippen LogP contribution in [0.4, 0.5) is 4.39 Å². The monoisotopic (exact) mass is 261 g/mol. The first kappa shape index (κ1) is 12.6. The molecule has 2 aliphatic rings. The van der Waals surface area contributed by atoms with E-state index in [9.17, 15) is 9.18 Å². The van der Waals surface area contributed by atoms with Crippen LogP contribution in [-0.2, 0) is 11.2 Å². The Kier molecular flexibility index (Phi) is 3.29. The van der Waals surface area contributed by atoms with Crippen molar-refractivity contribution in [2.75, 3.05) is 0 Å². The van der Waals surface area contributed by atoms with Gasteiger partial charge in [-0.15, -0.1) is 0 Å². The normalized spacial score (nSPS) is 20.1. The highest BCUT2D eigenvalue weighted by molar-refractivity contribution is 5.79. The fourth-order valence-corrected chi connectivity index (χ4v) is 2.79. The van der Waals surface area contributed by atoms with Crippen LogP contribution in [0.15, 0.2) is 24.3 Å². The number of carbonyl (C=O) groups is 1. The van der Waals surface area contributed by atoms with Crippen LogP contribution < -0.4 is 0 Å². The smallest absolute Gasteiger partial charge is 0.227 e. The standard InChI is InChI=1S/C16H20FNO/c1-11(13-4-5-13)18(15-8-9-15)16(19)10-12-2-6-14(17)7-3-12/h2-3,6-7,11,13,15H,4-5,8-10H2,1H3. The molecule has 1 aromatic carbocycles. The summed E-state index contributed by atoms with van der Waals surface area (Å²) in [7, 11) is 0. The van der Waals surface area contributed by atoms with Crippen LogP contribution in [0.2, 0.25) is 0 Å². The molecule has 102 valence electrons. The molecule has 3 heteroatoms. The maximum Gasteiger partial charge on any atom is 0.227 e. The Morgan fingerprint density at radius 2 is 1.89 bits per heavy atom. The number of hydrogen-bond acceptors (Lipinski definition) is 1. The van der Waals surface area contributed by atoms with Gasteiger partial charge in [0, 0.05) is 12.1 Å². The Morgan fingerprint density at radius 1 is 1.26 bits per heavy atom. The minimum atomic E-state index is -0.249. The molecule has 1 amide bonds. The second kappa shape index (κ2) is 4.95. The van der Waals surface area contributed by atoms with Crippen molar-refractivity contribution >= 4 is 5.91 Å². The number of nitrogens with zero attached hydrogens (tertiary/aromatic N) is 1. The predicted molar refractivity (Wildman–Crippen MR) is 72.2 cm³/mol. The summed E-state index contributed by atoms with van der Waals surface area (Å²) in [5.41, 5.74) is 0.903. The van der Waals surface area contributed by atoms with Crippen molar-refractivity contribution in [3.8, 4) is 0 Å². The van der Waals surface area contributed by atoms with Gasteiger partial charge in [-0.05, 0) is 56.2 Å². The Morgan fingerprint density at radius 3 is 2.42 bits per heavy atom. The average Bonchev–Trinajstić information content (AvgIpc) is 3.26. The Labute approximate surface area is 113 Å². The molecule has 0 saturated heterocycles. The molecule has 1 atom stereocenters. The maximum absolute atomic E-state index is 12.9. The van der Waals surface area contributed by atoms with E-state index in [1.54, 1.807) is 12.1 Å². The first-order chi connectivity index (χ1) is 9.15. The molecule has 2 saturated carbocycles. The minimum absolute atomic E-state index is 0.202. The summed E-state index contributed by atoms with van der Waals surface area (Å²) in [5, 5.41) is 0. The van der Waals surface area contributed by atoms with E-state index in [2.05, 4.69) is 11.8 Å². The van der Waals surface area contributed by atoms with Crippen LogP contribution in [0.25, 0.3) is 0 Å². The highest BCUT2D eigenvalue weighted by Gasteiger charge is 2.41. The zero-order valence-electron chi connectivity index (χ0n) is 11.3. The Bertz CT molecular complexity index is 462. The van der Waals surface area contributed by atoms with E-state index in [0.717, 1.165) is 18.4 Å². The third kappa shape index (κ3) is 2.96. The van der Waals surface area contributed by atoms with E-state index in [0.29, 0.717) is 24.4 Å². The summed E-state index contributed by atoms with van der Waals surface area (Å²) in [6, 6.07) is 7.10. The number of halogens is 1. The zero-order valence-corrected chi connectivity index (χ0v) is 11.3. The molecule has 3 rings (SSSR count). The highest BCUT2D eigenvalue weighted by atomic mass is 19.1. The first-order valence-electron chi connectivity index (χ1n) is 7.21. The quantitative estimate of drug-likeness (QED) is 0.797. The fourth-order valence-electron chi connectivity index (χ4n) is 2.79. The van der Waals surface area contributed by atoms with Gasteiger partial charge in [0.25, 0.3) is 0 Å². The van der Waals surface area contributed by atoms with Gasteiger partial charge in [-0.3, -0.25) is 4.79 Å². The lowest BCUT2D eigenvalue weighted by atomic mass is 10.1. The summed E-state index contributed by atoms with van der Waals surface area (Å²) < 4.78 is 12.9. The van der Waals surface area contributed by atoms with E-state index in [4.69, 9.17) is 0 Å². The van der Waals surface area contributed by atoms with Crippen molar-refractivity contribution in [3.63, 3.8) is 0 Å². The molecule has 2 aliphatic carbocycles. The lowest BCUT2D eigenvalue weighted by molar-refractivity contribution is -0.133. The van der Waals surface area contributed by atoms with Gasteiger partial charge in [-0.2, -0.15) is 0 Å². The summed E-state index contributed by atoms with van der Waals surface area (Å²) >= 11 is 0. The van der Waals surface area contributed by atoms with Crippen molar-refractivity contribution < 1.29 is 9.18 Å². The van der Waals surface area contributed by atoms with Crippen molar-refractivity contribution in [2.45, 2.75) is 51.1 Å². The third-order valence-corrected chi connectivity index (χ3v) is 4.24. The molecule has 2 nitrogen and oxygen atoms in total. The molecule has 1 unspecified atom stereocenters. The second-order valence-electron chi connectivity index (χ2n) is 5.91. The van der Waals surface area contributed by atoms with Crippen LogP contribution in [0, 0.1) is 11.7 Å². The average molecular weight is 261 g/mol. The molecule has 19 heavy (non-hydrogen) atoms.